The Morgan fingerprint density at radius 2 is 1.70 bits per heavy atom. The van der Waals surface area contributed by atoms with E-state index in [2.05, 4.69) is 49.9 Å². The Balaban J connectivity index is 1.67. The lowest BCUT2D eigenvalue weighted by Gasteiger charge is -2.36. The SMILES string of the molecule is CCSc1ccc2c(c1)C(O)(Cc1ccccc1)c1ccc(OCCN(CC)CC)cc1O2. The Kier molecular flexibility index (Phi) is 7.63. The number of hydrogen-bond acceptors (Lipinski definition) is 5. The van der Waals surface area contributed by atoms with Gasteiger partial charge in [0.05, 0.1) is 0 Å². The molecule has 0 bridgehead atoms. The molecule has 4 rings (SSSR count). The van der Waals surface area contributed by atoms with Crippen LogP contribution in [0.15, 0.2) is 71.6 Å². The molecule has 1 atom stereocenters. The average Bonchev–Trinajstić information content (AvgIpc) is 2.83. The van der Waals surface area contributed by atoms with Gasteiger partial charge in [-0.2, -0.15) is 0 Å². The number of likely N-dealkylation sites (N-methyl/N-ethyl adjacent to an activating group) is 1. The van der Waals surface area contributed by atoms with Gasteiger partial charge in [-0.15, -0.1) is 11.8 Å². The molecule has 0 amide bonds. The van der Waals surface area contributed by atoms with Crippen LogP contribution in [0.2, 0.25) is 0 Å². The van der Waals surface area contributed by atoms with E-state index in [0.29, 0.717) is 24.5 Å². The summed E-state index contributed by atoms with van der Waals surface area (Å²) < 4.78 is 12.3. The highest BCUT2D eigenvalue weighted by Crippen LogP contribution is 2.50. The van der Waals surface area contributed by atoms with Gasteiger partial charge in [-0.3, -0.25) is 0 Å². The molecular weight excluding hydrogens is 430 g/mol. The van der Waals surface area contributed by atoms with Crippen LogP contribution in [0, 0.1) is 0 Å². The smallest absolute Gasteiger partial charge is 0.137 e. The molecule has 0 radical (unpaired) electrons. The molecule has 5 heteroatoms. The third-order valence-corrected chi connectivity index (χ3v) is 7.08. The lowest BCUT2D eigenvalue weighted by atomic mass is 9.79. The van der Waals surface area contributed by atoms with Crippen LogP contribution in [0.25, 0.3) is 0 Å². The van der Waals surface area contributed by atoms with E-state index in [0.717, 1.165) is 52.7 Å². The summed E-state index contributed by atoms with van der Waals surface area (Å²) in [6.45, 7) is 9.96. The molecule has 174 valence electrons. The van der Waals surface area contributed by atoms with Crippen molar-refractivity contribution >= 4 is 11.8 Å². The number of thioether (sulfide) groups is 1. The molecule has 33 heavy (non-hydrogen) atoms. The first kappa shape index (κ1) is 23.7. The number of ether oxygens (including phenoxy) is 2. The largest absolute Gasteiger partial charge is 0.492 e. The minimum Gasteiger partial charge on any atom is -0.492 e. The van der Waals surface area contributed by atoms with Crippen molar-refractivity contribution in [2.45, 2.75) is 37.7 Å². The van der Waals surface area contributed by atoms with Crippen molar-refractivity contribution in [2.24, 2.45) is 0 Å². The lowest BCUT2D eigenvalue weighted by molar-refractivity contribution is 0.0695. The van der Waals surface area contributed by atoms with E-state index < -0.39 is 5.60 Å². The van der Waals surface area contributed by atoms with Crippen LogP contribution >= 0.6 is 11.8 Å². The maximum absolute atomic E-state index is 12.2. The number of aliphatic hydroxyl groups is 1. The predicted molar refractivity (Wildman–Crippen MR) is 136 cm³/mol. The molecule has 0 fully saturated rings. The molecule has 3 aromatic rings. The molecule has 0 spiro atoms. The fourth-order valence-electron chi connectivity index (χ4n) is 4.37. The number of hydrogen-bond donors (Lipinski definition) is 1. The maximum Gasteiger partial charge on any atom is 0.137 e. The second-order valence-corrected chi connectivity index (χ2v) is 9.59. The molecule has 1 aliphatic heterocycles. The third kappa shape index (κ3) is 5.21. The number of rotatable bonds is 10. The molecule has 1 heterocycles. The first-order chi connectivity index (χ1) is 16.1. The Morgan fingerprint density at radius 1 is 0.909 bits per heavy atom. The molecule has 0 aromatic heterocycles. The summed E-state index contributed by atoms with van der Waals surface area (Å²) in [6, 6.07) is 22.0. The van der Waals surface area contributed by atoms with Gasteiger partial charge in [0.25, 0.3) is 0 Å². The maximum atomic E-state index is 12.2. The zero-order chi connectivity index (χ0) is 23.3. The minimum atomic E-state index is -1.19. The summed E-state index contributed by atoms with van der Waals surface area (Å²) in [4.78, 5) is 3.46. The second-order valence-electron chi connectivity index (χ2n) is 8.25. The summed E-state index contributed by atoms with van der Waals surface area (Å²) in [6.07, 6.45) is 0.472. The van der Waals surface area contributed by atoms with Crippen molar-refractivity contribution in [1.29, 1.82) is 0 Å². The monoisotopic (exact) mass is 463 g/mol. The zero-order valence-corrected chi connectivity index (χ0v) is 20.5. The van der Waals surface area contributed by atoms with Crippen molar-refractivity contribution < 1.29 is 14.6 Å². The molecule has 4 nitrogen and oxygen atoms in total. The zero-order valence-electron chi connectivity index (χ0n) is 19.7. The van der Waals surface area contributed by atoms with Crippen molar-refractivity contribution in [3.05, 3.63) is 83.4 Å². The van der Waals surface area contributed by atoms with Gasteiger partial charge in [-0.1, -0.05) is 51.1 Å². The van der Waals surface area contributed by atoms with Crippen LogP contribution < -0.4 is 9.47 Å². The summed E-state index contributed by atoms with van der Waals surface area (Å²) in [5.74, 6) is 3.07. The third-order valence-electron chi connectivity index (χ3n) is 6.20. The molecule has 1 unspecified atom stereocenters. The Bertz CT molecular complexity index is 1070. The van der Waals surface area contributed by atoms with Gasteiger partial charge in [0.1, 0.15) is 29.5 Å². The van der Waals surface area contributed by atoms with E-state index in [-0.39, 0.29) is 0 Å². The van der Waals surface area contributed by atoms with Crippen molar-refractivity contribution in [1.82, 2.24) is 4.90 Å². The summed E-state index contributed by atoms with van der Waals surface area (Å²) in [5, 5.41) is 12.2. The Morgan fingerprint density at radius 3 is 2.42 bits per heavy atom. The van der Waals surface area contributed by atoms with Crippen molar-refractivity contribution in [3.8, 4) is 17.2 Å². The van der Waals surface area contributed by atoms with Crippen molar-refractivity contribution in [3.63, 3.8) is 0 Å². The highest BCUT2D eigenvalue weighted by atomic mass is 32.2. The summed E-state index contributed by atoms with van der Waals surface area (Å²) in [5.41, 5.74) is 1.47. The highest BCUT2D eigenvalue weighted by Gasteiger charge is 2.41. The fourth-order valence-corrected chi connectivity index (χ4v) is 5.07. The molecule has 3 aromatic carbocycles. The van der Waals surface area contributed by atoms with Gasteiger partial charge in [0.15, 0.2) is 0 Å². The Hall–Kier alpha value is -2.47. The average molecular weight is 464 g/mol. The van der Waals surface area contributed by atoms with E-state index in [9.17, 15) is 5.11 Å². The second kappa shape index (κ2) is 10.6. The topological polar surface area (TPSA) is 41.9 Å². The van der Waals surface area contributed by atoms with Crippen LogP contribution in [-0.4, -0.2) is 42.0 Å². The predicted octanol–water partition coefficient (Wildman–Crippen LogP) is 6.10. The summed E-state index contributed by atoms with van der Waals surface area (Å²) >= 11 is 1.76. The molecule has 0 saturated carbocycles. The van der Waals surface area contributed by atoms with Gasteiger partial charge in [-0.05, 0) is 54.7 Å². The van der Waals surface area contributed by atoms with Gasteiger partial charge >= 0.3 is 0 Å². The summed E-state index contributed by atoms with van der Waals surface area (Å²) in [7, 11) is 0. The van der Waals surface area contributed by atoms with E-state index >= 15 is 0 Å². The van der Waals surface area contributed by atoms with Crippen LogP contribution in [0.3, 0.4) is 0 Å². The number of nitrogens with zero attached hydrogens (tertiary/aromatic N) is 1. The molecular formula is C28H33NO3S. The van der Waals surface area contributed by atoms with Crippen LogP contribution in [0.5, 0.6) is 17.2 Å². The van der Waals surface area contributed by atoms with E-state index in [1.165, 1.54) is 0 Å². The fraction of sp³-hybridized carbons (Fsp3) is 0.357. The van der Waals surface area contributed by atoms with Gasteiger partial charge in [0, 0.05) is 35.1 Å². The quantitative estimate of drug-likeness (QED) is 0.368. The molecule has 1 N–H and O–H groups in total. The van der Waals surface area contributed by atoms with Gasteiger partial charge in [0.2, 0.25) is 0 Å². The standard InChI is InChI=1S/C28H33NO3S/c1-4-29(5-2)16-17-31-22-12-14-24-27(18-22)32-26-15-13-23(33-6-3)19-25(26)28(24,30)20-21-10-8-7-9-11-21/h7-15,18-19,30H,4-6,16-17,20H2,1-3H3. The Labute approximate surface area is 201 Å². The van der Waals surface area contributed by atoms with E-state index in [1.807, 2.05) is 42.5 Å². The lowest BCUT2D eigenvalue weighted by Crippen LogP contribution is -2.33. The van der Waals surface area contributed by atoms with Crippen LogP contribution in [0.4, 0.5) is 0 Å². The van der Waals surface area contributed by atoms with Gasteiger partial charge in [-0.25, -0.2) is 0 Å². The normalized spacial score (nSPS) is 16.8. The minimum absolute atomic E-state index is 0.472. The van der Waals surface area contributed by atoms with Crippen molar-refractivity contribution in [2.75, 3.05) is 32.0 Å². The van der Waals surface area contributed by atoms with E-state index in [4.69, 9.17) is 9.47 Å². The molecule has 1 aliphatic rings. The molecule has 0 saturated heterocycles. The van der Waals surface area contributed by atoms with E-state index in [1.54, 1.807) is 11.8 Å². The van der Waals surface area contributed by atoms with Crippen LogP contribution in [0.1, 0.15) is 37.5 Å². The van der Waals surface area contributed by atoms with Gasteiger partial charge < -0.3 is 19.5 Å². The highest BCUT2D eigenvalue weighted by molar-refractivity contribution is 7.99. The number of fused-ring (bicyclic) bond motifs is 2. The molecule has 0 aliphatic carbocycles. The first-order valence-electron chi connectivity index (χ1n) is 11.8. The first-order valence-corrected chi connectivity index (χ1v) is 12.8. The van der Waals surface area contributed by atoms with Crippen LogP contribution in [-0.2, 0) is 12.0 Å². The number of benzene rings is 3.